The third-order valence-corrected chi connectivity index (χ3v) is 5.90. The quantitative estimate of drug-likeness (QED) is 0.535. The molecule has 1 amide bonds. The number of amides is 1. The molecule has 1 heterocycles. The van der Waals surface area contributed by atoms with E-state index < -0.39 is 0 Å². The summed E-state index contributed by atoms with van der Waals surface area (Å²) in [6, 6.07) is 11.0. The standard InChI is InChI=1S/C21H22ClN3O3S/c1-13-16(22)6-5-7-17(13)25-11-10-23-21(25)29-14(2)20(26)24-15-8-9-18(27-3)19(12-15)28-4/h5-12,14H,1-4H3,(H,24,26). The second-order valence-corrected chi connectivity index (χ2v) is 8.00. The fourth-order valence-electron chi connectivity index (χ4n) is 2.79. The van der Waals surface area contributed by atoms with Gasteiger partial charge in [-0.2, -0.15) is 0 Å². The van der Waals surface area contributed by atoms with Gasteiger partial charge in [-0.05, 0) is 43.7 Å². The smallest absolute Gasteiger partial charge is 0.237 e. The SMILES string of the molecule is COc1ccc(NC(=O)C(C)Sc2nccn2-c2cccc(Cl)c2C)cc1OC. The Bertz CT molecular complexity index is 1020. The maximum atomic E-state index is 12.7. The molecular weight excluding hydrogens is 410 g/mol. The number of aromatic nitrogens is 2. The zero-order valence-electron chi connectivity index (χ0n) is 16.6. The highest BCUT2D eigenvalue weighted by Crippen LogP contribution is 2.31. The average Bonchev–Trinajstić information content (AvgIpc) is 3.17. The molecule has 0 spiro atoms. The Kier molecular flexibility index (Phi) is 6.71. The molecule has 1 aromatic heterocycles. The summed E-state index contributed by atoms with van der Waals surface area (Å²) in [6.07, 6.45) is 3.57. The van der Waals surface area contributed by atoms with Crippen LogP contribution >= 0.6 is 23.4 Å². The summed E-state index contributed by atoms with van der Waals surface area (Å²) >= 11 is 7.62. The van der Waals surface area contributed by atoms with Crippen molar-refractivity contribution in [2.24, 2.45) is 0 Å². The van der Waals surface area contributed by atoms with Gasteiger partial charge in [-0.3, -0.25) is 9.36 Å². The zero-order valence-corrected chi connectivity index (χ0v) is 18.2. The minimum absolute atomic E-state index is 0.139. The fraction of sp³-hybridized carbons (Fsp3) is 0.238. The van der Waals surface area contributed by atoms with E-state index in [9.17, 15) is 4.79 Å². The Labute approximate surface area is 179 Å². The number of hydrogen-bond donors (Lipinski definition) is 1. The lowest BCUT2D eigenvalue weighted by Crippen LogP contribution is -2.22. The number of benzene rings is 2. The summed E-state index contributed by atoms with van der Waals surface area (Å²) in [4.78, 5) is 17.1. The summed E-state index contributed by atoms with van der Waals surface area (Å²) in [7, 11) is 3.12. The number of carbonyl (C=O) groups excluding carboxylic acids is 1. The number of carbonyl (C=O) groups is 1. The van der Waals surface area contributed by atoms with E-state index in [1.165, 1.54) is 11.8 Å². The van der Waals surface area contributed by atoms with Crippen molar-refractivity contribution in [3.63, 3.8) is 0 Å². The van der Waals surface area contributed by atoms with E-state index in [4.69, 9.17) is 21.1 Å². The minimum Gasteiger partial charge on any atom is -0.493 e. The van der Waals surface area contributed by atoms with Crippen molar-refractivity contribution in [2.75, 3.05) is 19.5 Å². The van der Waals surface area contributed by atoms with Crippen molar-refractivity contribution >= 4 is 35.0 Å². The molecule has 0 aliphatic heterocycles. The molecule has 0 saturated heterocycles. The molecule has 0 saturated carbocycles. The van der Waals surface area contributed by atoms with Gasteiger partial charge < -0.3 is 14.8 Å². The Morgan fingerprint density at radius 3 is 2.69 bits per heavy atom. The van der Waals surface area contributed by atoms with Gasteiger partial charge in [0.05, 0.1) is 25.2 Å². The number of hydrogen-bond acceptors (Lipinski definition) is 5. The van der Waals surface area contributed by atoms with Crippen LogP contribution in [0.1, 0.15) is 12.5 Å². The number of rotatable bonds is 7. The first-order chi connectivity index (χ1) is 13.9. The molecule has 0 radical (unpaired) electrons. The molecule has 6 nitrogen and oxygen atoms in total. The van der Waals surface area contributed by atoms with E-state index in [-0.39, 0.29) is 11.2 Å². The van der Waals surface area contributed by atoms with Crippen LogP contribution in [-0.4, -0.2) is 34.9 Å². The van der Waals surface area contributed by atoms with Crippen molar-refractivity contribution in [3.05, 3.63) is 59.4 Å². The van der Waals surface area contributed by atoms with E-state index in [0.29, 0.717) is 27.4 Å². The van der Waals surface area contributed by atoms with Crippen molar-refractivity contribution in [2.45, 2.75) is 24.3 Å². The van der Waals surface area contributed by atoms with Crippen molar-refractivity contribution in [1.29, 1.82) is 0 Å². The van der Waals surface area contributed by atoms with Crippen LogP contribution in [0.2, 0.25) is 5.02 Å². The molecular formula is C21H22ClN3O3S. The van der Waals surface area contributed by atoms with Gasteiger partial charge in [0, 0.05) is 29.2 Å². The zero-order chi connectivity index (χ0) is 21.0. The number of methoxy groups -OCH3 is 2. The molecule has 3 rings (SSSR count). The van der Waals surface area contributed by atoms with E-state index in [2.05, 4.69) is 10.3 Å². The van der Waals surface area contributed by atoms with Crippen molar-refractivity contribution < 1.29 is 14.3 Å². The fourth-order valence-corrected chi connectivity index (χ4v) is 3.83. The van der Waals surface area contributed by atoms with Gasteiger partial charge >= 0.3 is 0 Å². The number of imidazole rings is 1. The third-order valence-electron chi connectivity index (χ3n) is 4.41. The molecule has 1 N–H and O–H groups in total. The van der Waals surface area contributed by atoms with Gasteiger partial charge in [-0.1, -0.05) is 29.4 Å². The summed E-state index contributed by atoms with van der Waals surface area (Å²) in [5.41, 5.74) is 2.52. The number of nitrogens with one attached hydrogen (secondary N) is 1. The lowest BCUT2D eigenvalue weighted by Gasteiger charge is -2.15. The largest absolute Gasteiger partial charge is 0.493 e. The van der Waals surface area contributed by atoms with Gasteiger partial charge in [0.25, 0.3) is 0 Å². The van der Waals surface area contributed by atoms with Gasteiger partial charge in [0.2, 0.25) is 5.91 Å². The van der Waals surface area contributed by atoms with Crippen LogP contribution in [0.5, 0.6) is 11.5 Å². The van der Waals surface area contributed by atoms with Gasteiger partial charge in [-0.15, -0.1) is 0 Å². The number of halogens is 1. The number of thioether (sulfide) groups is 1. The Morgan fingerprint density at radius 1 is 1.21 bits per heavy atom. The van der Waals surface area contributed by atoms with E-state index in [1.807, 2.05) is 42.8 Å². The average molecular weight is 432 g/mol. The normalized spacial score (nSPS) is 11.8. The maximum absolute atomic E-state index is 12.7. The predicted octanol–water partition coefficient (Wildman–Crippen LogP) is 4.97. The highest BCUT2D eigenvalue weighted by molar-refractivity contribution is 8.00. The number of ether oxygens (including phenoxy) is 2. The molecule has 0 aliphatic rings. The van der Waals surface area contributed by atoms with Crippen LogP contribution in [0, 0.1) is 6.92 Å². The van der Waals surface area contributed by atoms with Crippen LogP contribution in [0.15, 0.2) is 53.9 Å². The first-order valence-electron chi connectivity index (χ1n) is 8.93. The number of nitrogens with zero attached hydrogens (tertiary/aromatic N) is 2. The highest BCUT2D eigenvalue weighted by Gasteiger charge is 2.19. The lowest BCUT2D eigenvalue weighted by molar-refractivity contribution is -0.115. The van der Waals surface area contributed by atoms with E-state index >= 15 is 0 Å². The first-order valence-corrected chi connectivity index (χ1v) is 10.2. The summed E-state index contributed by atoms with van der Waals surface area (Å²) in [6.45, 7) is 3.80. The minimum atomic E-state index is -0.372. The number of anilines is 1. The van der Waals surface area contributed by atoms with Gasteiger partial charge in [0.1, 0.15) is 0 Å². The van der Waals surface area contributed by atoms with Gasteiger partial charge in [0.15, 0.2) is 16.7 Å². The van der Waals surface area contributed by atoms with Crippen LogP contribution in [-0.2, 0) is 4.79 Å². The van der Waals surface area contributed by atoms with Crippen molar-refractivity contribution in [1.82, 2.24) is 9.55 Å². The third kappa shape index (κ3) is 4.68. The van der Waals surface area contributed by atoms with Gasteiger partial charge in [-0.25, -0.2) is 4.98 Å². The molecule has 1 unspecified atom stereocenters. The van der Waals surface area contributed by atoms with Crippen LogP contribution < -0.4 is 14.8 Å². The van der Waals surface area contributed by atoms with Crippen LogP contribution in [0.25, 0.3) is 5.69 Å². The molecule has 29 heavy (non-hydrogen) atoms. The molecule has 1 atom stereocenters. The molecule has 152 valence electrons. The van der Waals surface area contributed by atoms with Crippen LogP contribution in [0.4, 0.5) is 5.69 Å². The molecule has 3 aromatic rings. The molecule has 0 bridgehead atoms. The predicted molar refractivity (Wildman–Crippen MR) is 117 cm³/mol. The lowest BCUT2D eigenvalue weighted by atomic mass is 10.2. The molecule has 0 aliphatic carbocycles. The summed E-state index contributed by atoms with van der Waals surface area (Å²) in [5.74, 6) is 1.02. The Morgan fingerprint density at radius 2 is 1.97 bits per heavy atom. The monoisotopic (exact) mass is 431 g/mol. The second kappa shape index (κ2) is 9.24. The van der Waals surface area contributed by atoms with E-state index in [0.717, 1.165) is 11.3 Å². The first kappa shape index (κ1) is 21.1. The van der Waals surface area contributed by atoms with Crippen molar-refractivity contribution in [3.8, 4) is 17.2 Å². The maximum Gasteiger partial charge on any atom is 0.237 e. The molecule has 8 heteroatoms. The van der Waals surface area contributed by atoms with E-state index in [1.54, 1.807) is 38.6 Å². The highest BCUT2D eigenvalue weighted by atomic mass is 35.5. The second-order valence-electron chi connectivity index (χ2n) is 6.28. The summed E-state index contributed by atoms with van der Waals surface area (Å²) in [5, 5.41) is 3.93. The summed E-state index contributed by atoms with van der Waals surface area (Å²) < 4.78 is 12.4. The topological polar surface area (TPSA) is 65.4 Å². The molecule has 2 aromatic carbocycles. The molecule has 0 fully saturated rings. The van der Waals surface area contributed by atoms with Crippen LogP contribution in [0.3, 0.4) is 0 Å². The Balaban J connectivity index is 1.74. The Hall–Kier alpha value is -2.64.